The second kappa shape index (κ2) is 13.6. The van der Waals surface area contributed by atoms with Gasteiger partial charge in [0, 0.05) is 38.3 Å². The van der Waals surface area contributed by atoms with E-state index < -0.39 is 0 Å². The Morgan fingerprint density at radius 3 is 2.57 bits per heavy atom. The summed E-state index contributed by atoms with van der Waals surface area (Å²) >= 11 is 0. The molecule has 134 valence electrons. The van der Waals surface area contributed by atoms with Gasteiger partial charge in [-0.3, -0.25) is 0 Å². The topological polar surface area (TPSA) is 71.7 Å². The molecule has 1 heterocycles. The Hall–Kier alpha value is -0.830. The van der Waals surface area contributed by atoms with Crippen LogP contribution in [0.25, 0.3) is 0 Å². The SMILES string of the molecule is CCNC(=NCc1c(CC)noc1CC)NCCCOCC.I. The maximum Gasteiger partial charge on any atom is 0.191 e. The molecule has 0 aliphatic rings. The minimum Gasteiger partial charge on any atom is -0.382 e. The molecule has 6 nitrogen and oxygen atoms in total. The van der Waals surface area contributed by atoms with Crippen molar-refractivity contribution in [2.45, 2.75) is 53.5 Å². The third kappa shape index (κ3) is 8.01. The lowest BCUT2D eigenvalue weighted by molar-refractivity contribution is 0.145. The molecule has 23 heavy (non-hydrogen) atoms. The van der Waals surface area contributed by atoms with E-state index in [0.29, 0.717) is 6.54 Å². The maximum absolute atomic E-state index is 5.38. The second-order valence-electron chi connectivity index (χ2n) is 4.91. The van der Waals surface area contributed by atoms with Crippen LogP contribution >= 0.6 is 24.0 Å². The Morgan fingerprint density at radius 1 is 1.17 bits per heavy atom. The number of nitrogens with one attached hydrogen (secondary N) is 2. The second-order valence-corrected chi connectivity index (χ2v) is 4.91. The first-order chi connectivity index (χ1) is 10.8. The molecule has 0 saturated carbocycles. The monoisotopic (exact) mass is 438 g/mol. The molecule has 0 bridgehead atoms. The van der Waals surface area contributed by atoms with Crippen LogP contribution in [0.15, 0.2) is 9.52 Å². The number of nitrogens with zero attached hydrogens (tertiary/aromatic N) is 2. The number of halogens is 1. The zero-order valence-corrected chi connectivity index (χ0v) is 17.1. The number of aliphatic imine (C=N–C) groups is 1. The van der Waals surface area contributed by atoms with Gasteiger partial charge >= 0.3 is 0 Å². The van der Waals surface area contributed by atoms with Crippen LogP contribution < -0.4 is 10.6 Å². The van der Waals surface area contributed by atoms with Crippen LogP contribution in [-0.2, 0) is 24.1 Å². The van der Waals surface area contributed by atoms with Gasteiger partial charge in [0.25, 0.3) is 0 Å². The lowest BCUT2D eigenvalue weighted by Crippen LogP contribution is -2.38. The van der Waals surface area contributed by atoms with Crippen LogP contribution in [-0.4, -0.2) is 37.4 Å². The standard InChI is InChI=1S/C16H30N4O2.HI/c1-5-14-13(15(6-2)22-20-14)12-19-16(17-7-3)18-10-9-11-21-8-4;/h5-12H2,1-4H3,(H2,17,18,19);1H. The fourth-order valence-corrected chi connectivity index (χ4v) is 2.14. The molecule has 0 atom stereocenters. The highest BCUT2D eigenvalue weighted by Gasteiger charge is 2.12. The molecule has 1 aromatic heterocycles. The fraction of sp³-hybridized carbons (Fsp3) is 0.750. The first-order valence-corrected chi connectivity index (χ1v) is 8.32. The van der Waals surface area contributed by atoms with Crippen molar-refractivity contribution in [1.82, 2.24) is 15.8 Å². The fourth-order valence-electron chi connectivity index (χ4n) is 2.14. The van der Waals surface area contributed by atoms with E-state index in [1.54, 1.807) is 0 Å². The van der Waals surface area contributed by atoms with E-state index in [2.05, 4.69) is 41.6 Å². The smallest absolute Gasteiger partial charge is 0.191 e. The summed E-state index contributed by atoms with van der Waals surface area (Å²) in [5.74, 6) is 1.76. The molecule has 1 rings (SSSR count). The lowest BCUT2D eigenvalue weighted by Gasteiger charge is -2.11. The van der Waals surface area contributed by atoms with E-state index in [1.807, 2.05) is 6.92 Å². The maximum atomic E-state index is 5.38. The van der Waals surface area contributed by atoms with E-state index >= 15 is 0 Å². The quantitative estimate of drug-likeness (QED) is 0.255. The minimum atomic E-state index is 0. The average Bonchev–Trinajstić information content (AvgIpc) is 2.94. The van der Waals surface area contributed by atoms with Gasteiger partial charge in [0.05, 0.1) is 12.2 Å². The molecule has 0 fully saturated rings. The molecule has 0 unspecified atom stereocenters. The molecule has 0 radical (unpaired) electrons. The van der Waals surface area contributed by atoms with Gasteiger partial charge < -0.3 is 19.9 Å². The summed E-state index contributed by atoms with van der Waals surface area (Å²) in [7, 11) is 0. The van der Waals surface area contributed by atoms with Gasteiger partial charge in [-0.15, -0.1) is 24.0 Å². The van der Waals surface area contributed by atoms with Crippen LogP contribution in [0.4, 0.5) is 0 Å². The van der Waals surface area contributed by atoms with Gasteiger partial charge in [-0.05, 0) is 26.7 Å². The van der Waals surface area contributed by atoms with Crippen molar-refractivity contribution in [1.29, 1.82) is 0 Å². The van der Waals surface area contributed by atoms with E-state index in [0.717, 1.165) is 68.5 Å². The first kappa shape index (κ1) is 22.2. The van der Waals surface area contributed by atoms with E-state index in [1.165, 1.54) is 0 Å². The summed E-state index contributed by atoms with van der Waals surface area (Å²) < 4.78 is 10.7. The molecule has 0 aromatic carbocycles. The molecular weight excluding hydrogens is 407 g/mol. The van der Waals surface area contributed by atoms with Gasteiger partial charge in [-0.2, -0.15) is 0 Å². The van der Waals surface area contributed by atoms with Crippen LogP contribution in [0.1, 0.15) is 51.1 Å². The van der Waals surface area contributed by atoms with Crippen LogP contribution in [0, 0.1) is 0 Å². The van der Waals surface area contributed by atoms with Gasteiger partial charge in [0.2, 0.25) is 0 Å². The van der Waals surface area contributed by atoms with Gasteiger partial charge in [-0.1, -0.05) is 19.0 Å². The predicted octanol–water partition coefficient (Wildman–Crippen LogP) is 2.90. The molecule has 0 aliphatic heterocycles. The highest BCUT2D eigenvalue weighted by molar-refractivity contribution is 14.0. The van der Waals surface area contributed by atoms with Crippen molar-refractivity contribution in [3.8, 4) is 0 Å². The molecule has 7 heteroatoms. The third-order valence-corrected chi connectivity index (χ3v) is 3.31. The van der Waals surface area contributed by atoms with Crippen LogP contribution in [0.3, 0.4) is 0 Å². The molecule has 0 aliphatic carbocycles. The van der Waals surface area contributed by atoms with Crippen molar-refractivity contribution in [3.63, 3.8) is 0 Å². The Kier molecular flexibility index (Phi) is 13.1. The number of ether oxygens (including phenoxy) is 1. The van der Waals surface area contributed by atoms with Crippen LogP contribution in [0.5, 0.6) is 0 Å². The Bertz CT molecular complexity index is 428. The predicted molar refractivity (Wildman–Crippen MR) is 105 cm³/mol. The van der Waals surface area contributed by atoms with Crippen molar-refractivity contribution < 1.29 is 9.26 Å². The first-order valence-electron chi connectivity index (χ1n) is 8.32. The largest absolute Gasteiger partial charge is 0.382 e. The molecular formula is C16H31IN4O2. The van der Waals surface area contributed by atoms with E-state index in [9.17, 15) is 0 Å². The summed E-state index contributed by atoms with van der Waals surface area (Å²) in [6.07, 6.45) is 2.68. The van der Waals surface area contributed by atoms with Crippen molar-refractivity contribution in [2.24, 2.45) is 4.99 Å². The Morgan fingerprint density at radius 2 is 1.96 bits per heavy atom. The molecule has 1 aromatic rings. The van der Waals surface area contributed by atoms with Crippen molar-refractivity contribution >= 4 is 29.9 Å². The summed E-state index contributed by atoms with van der Waals surface area (Å²) in [4.78, 5) is 4.64. The molecule has 0 saturated heterocycles. The van der Waals surface area contributed by atoms with Gasteiger partial charge in [0.15, 0.2) is 5.96 Å². The minimum absolute atomic E-state index is 0. The molecule has 2 N–H and O–H groups in total. The Labute approximate surface area is 156 Å². The highest BCUT2D eigenvalue weighted by atomic mass is 127. The summed E-state index contributed by atoms with van der Waals surface area (Å²) in [5.41, 5.74) is 2.13. The van der Waals surface area contributed by atoms with E-state index in [-0.39, 0.29) is 24.0 Å². The number of guanidine groups is 1. The zero-order valence-electron chi connectivity index (χ0n) is 14.8. The molecule has 0 amide bonds. The van der Waals surface area contributed by atoms with Crippen LogP contribution in [0.2, 0.25) is 0 Å². The summed E-state index contributed by atoms with van der Waals surface area (Å²) in [5, 5.41) is 10.7. The number of rotatable bonds is 10. The normalized spacial score (nSPS) is 11.2. The number of aryl methyl sites for hydroxylation is 2. The lowest BCUT2D eigenvalue weighted by atomic mass is 10.1. The van der Waals surface area contributed by atoms with Crippen molar-refractivity contribution in [2.75, 3.05) is 26.3 Å². The summed E-state index contributed by atoms with van der Waals surface area (Å²) in [6.45, 7) is 12.0. The summed E-state index contributed by atoms with van der Waals surface area (Å²) in [6, 6.07) is 0. The number of hydrogen-bond acceptors (Lipinski definition) is 4. The van der Waals surface area contributed by atoms with Gasteiger partial charge in [-0.25, -0.2) is 4.99 Å². The highest BCUT2D eigenvalue weighted by Crippen LogP contribution is 2.16. The third-order valence-electron chi connectivity index (χ3n) is 3.31. The van der Waals surface area contributed by atoms with Gasteiger partial charge in [0.1, 0.15) is 5.76 Å². The molecule has 0 spiro atoms. The zero-order chi connectivity index (χ0) is 16.2. The number of hydrogen-bond donors (Lipinski definition) is 2. The average molecular weight is 438 g/mol. The number of aromatic nitrogens is 1. The Balaban J connectivity index is 0.00000484. The van der Waals surface area contributed by atoms with Crippen molar-refractivity contribution in [3.05, 3.63) is 17.0 Å². The van der Waals surface area contributed by atoms with E-state index in [4.69, 9.17) is 9.26 Å².